The molecule has 0 bridgehead atoms. The minimum Gasteiger partial charge on any atom is -0.369 e. The summed E-state index contributed by atoms with van der Waals surface area (Å²) in [4.78, 5) is 37.1. The van der Waals surface area contributed by atoms with E-state index in [1.165, 1.54) is 0 Å². The molecule has 1 aliphatic heterocycles. The van der Waals surface area contributed by atoms with Gasteiger partial charge < -0.3 is 15.5 Å². The fourth-order valence-electron chi connectivity index (χ4n) is 3.85. The van der Waals surface area contributed by atoms with Crippen molar-refractivity contribution in [3.63, 3.8) is 0 Å². The van der Waals surface area contributed by atoms with Crippen LogP contribution in [0, 0.1) is 5.92 Å². The Morgan fingerprint density at radius 2 is 2.00 bits per heavy atom. The highest BCUT2D eigenvalue weighted by atomic mass is 16.2. The van der Waals surface area contributed by atoms with Gasteiger partial charge in [-0.05, 0) is 37.1 Å². The summed E-state index contributed by atoms with van der Waals surface area (Å²) in [7, 11) is 1.76. The zero-order valence-corrected chi connectivity index (χ0v) is 17.0. The van der Waals surface area contributed by atoms with Crippen molar-refractivity contribution >= 4 is 28.5 Å². The predicted molar refractivity (Wildman–Crippen MR) is 116 cm³/mol. The zero-order chi connectivity index (χ0) is 21.1. The Balaban J connectivity index is 1.43. The Bertz CT molecular complexity index is 1070. The van der Waals surface area contributed by atoms with Gasteiger partial charge >= 0.3 is 0 Å². The second-order valence-electron chi connectivity index (χ2n) is 7.75. The predicted octanol–water partition coefficient (Wildman–Crippen LogP) is 2.60. The summed E-state index contributed by atoms with van der Waals surface area (Å²) in [6.45, 7) is 1.82. The minimum absolute atomic E-state index is 0.113. The smallest absolute Gasteiger partial charge is 0.255 e. The molecule has 0 radical (unpaired) electrons. The van der Waals surface area contributed by atoms with Crippen molar-refractivity contribution in [2.75, 3.05) is 25.0 Å². The van der Waals surface area contributed by atoms with Crippen molar-refractivity contribution in [1.29, 1.82) is 0 Å². The SMILES string of the molecule is CN(Cc1ccc2ccccc2n1)C(=O)c1ccc(N2CCC[C@H](C(N)=O)C2)nc1. The number of nitrogens with two attached hydrogens (primary N) is 1. The standard InChI is InChI=1S/C23H25N5O2/c1-27(15-19-10-8-16-5-2-3-7-20(16)26-19)23(30)17-9-11-21(25-13-17)28-12-4-6-18(14-28)22(24)29/h2-3,5,7-11,13,18H,4,6,12,14-15H2,1H3,(H2,24,29)/t18-/m0/s1. The molecule has 4 rings (SSSR count). The largest absolute Gasteiger partial charge is 0.369 e. The molecule has 2 N–H and O–H groups in total. The first-order valence-corrected chi connectivity index (χ1v) is 10.1. The quantitative estimate of drug-likeness (QED) is 0.707. The van der Waals surface area contributed by atoms with Gasteiger partial charge in [-0.15, -0.1) is 0 Å². The highest BCUT2D eigenvalue weighted by Crippen LogP contribution is 2.22. The number of hydrogen-bond donors (Lipinski definition) is 1. The van der Waals surface area contributed by atoms with Gasteiger partial charge in [-0.3, -0.25) is 14.6 Å². The molecule has 0 unspecified atom stereocenters. The number of carbonyl (C=O) groups excluding carboxylic acids is 2. The van der Waals surface area contributed by atoms with Crippen LogP contribution in [0.3, 0.4) is 0 Å². The van der Waals surface area contributed by atoms with Crippen LogP contribution in [0.5, 0.6) is 0 Å². The lowest BCUT2D eigenvalue weighted by molar-refractivity contribution is -0.122. The van der Waals surface area contributed by atoms with E-state index in [0.717, 1.165) is 41.8 Å². The summed E-state index contributed by atoms with van der Waals surface area (Å²) in [6.07, 6.45) is 3.31. The highest BCUT2D eigenvalue weighted by Gasteiger charge is 2.25. The molecule has 1 fully saturated rings. The van der Waals surface area contributed by atoms with Crippen molar-refractivity contribution in [2.24, 2.45) is 11.7 Å². The molecule has 1 atom stereocenters. The molecule has 1 aliphatic rings. The van der Waals surface area contributed by atoms with Gasteiger partial charge in [0.25, 0.3) is 5.91 Å². The topological polar surface area (TPSA) is 92.4 Å². The van der Waals surface area contributed by atoms with Crippen LogP contribution in [-0.2, 0) is 11.3 Å². The molecule has 1 aromatic carbocycles. The normalized spacial score (nSPS) is 16.4. The molecule has 7 heteroatoms. The average Bonchev–Trinajstić information content (AvgIpc) is 2.78. The maximum Gasteiger partial charge on any atom is 0.255 e. The Labute approximate surface area is 175 Å². The number of rotatable bonds is 5. The van der Waals surface area contributed by atoms with Gasteiger partial charge in [-0.25, -0.2) is 4.98 Å². The molecular weight excluding hydrogens is 378 g/mol. The van der Waals surface area contributed by atoms with Gasteiger partial charge in [-0.2, -0.15) is 0 Å². The van der Waals surface area contributed by atoms with Gasteiger partial charge in [0, 0.05) is 31.7 Å². The maximum absolute atomic E-state index is 12.8. The first kappa shape index (κ1) is 19.8. The van der Waals surface area contributed by atoms with Crippen molar-refractivity contribution < 1.29 is 9.59 Å². The third-order valence-corrected chi connectivity index (χ3v) is 5.54. The van der Waals surface area contributed by atoms with Crippen LogP contribution in [0.2, 0.25) is 0 Å². The number of fused-ring (bicyclic) bond motifs is 1. The number of carbonyl (C=O) groups is 2. The number of amides is 2. The van der Waals surface area contributed by atoms with Crippen molar-refractivity contribution in [2.45, 2.75) is 19.4 Å². The van der Waals surface area contributed by atoms with E-state index in [9.17, 15) is 9.59 Å². The molecule has 154 valence electrons. The Kier molecular flexibility index (Phi) is 5.61. The van der Waals surface area contributed by atoms with E-state index in [-0.39, 0.29) is 17.7 Å². The highest BCUT2D eigenvalue weighted by molar-refractivity contribution is 5.94. The first-order chi connectivity index (χ1) is 14.5. The van der Waals surface area contributed by atoms with Crippen molar-refractivity contribution in [3.8, 4) is 0 Å². The van der Waals surface area contributed by atoms with Gasteiger partial charge in [0.1, 0.15) is 5.82 Å². The molecule has 30 heavy (non-hydrogen) atoms. The molecule has 3 heterocycles. The number of primary amides is 1. The summed E-state index contributed by atoms with van der Waals surface area (Å²) >= 11 is 0. The van der Waals surface area contributed by atoms with E-state index in [2.05, 4.69) is 14.9 Å². The summed E-state index contributed by atoms with van der Waals surface area (Å²) in [5.41, 5.74) is 7.72. The lowest BCUT2D eigenvalue weighted by atomic mass is 9.97. The summed E-state index contributed by atoms with van der Waals surface area (Å²) in [5, 5.41) is 1.08. The number of pyridine rings is 2. The summed E-state index contributed by atoms with van der Waals surface area (Å²) in [5.74, 6) is 0.229. The maximum atomic E-state index is 12.8. The van der Waals surface area contributed by atoms with Crippen molar-refractivity contribution in [3.05, 3.63) is 66.0 Å². The number of hydrogen-bond acceptors (Lipinski definition) is 5. The van der Waals surface area contributed by atoms with E-state index in [1.54, 1.807) is 24.2 Å². The van der Waals surface area contributed by atoms with Crippen LogP contribution in [0.15, 0.2) is 54.7 Å². The lowest BCUT2D eigenvalue weighted by Crippen LogP contribution is -2.41. The number of piperidine rings is 1. The van der Waals surface area contributed by atoms with Crippen LogP contribution in [0.1, 0.15) is 28.9 Å². The zero-order valence-electron chi connectivity index (χ0n) is 17.0. The number of aromatic nitrogens is 2. The Hall–Kier alpha value is -3.48. The van der Waals surface area contributed by atoms with Crippen LogP contribution in [0.25, 0.3) is 10.9 Å². The molecular formula is C23H25N5O2. The molecule has 1 saturated heterocycles. The molecule has 0 aliphatic carbocycles. The van der Waals surface area contributed by atoms with Crippen LogP contribution in [0.4, 0.5) is 5.82 Å². The van der Waals surface area contributed by atoms with Gasteiger partial charge in [0.2, 0.25) is 5.91 Å². The molecule has 3 aromatic rings. The fourth-order valence-corrected chi connectivity index (χ4v) is 3.85. The monoisotopic (exact) mass is 403 g/mol. The van der Waals surface area contributed by atoms with E-state index in [0.29, 0.717) is 18.7 Å². The minimum atomic E-state index is -0.268. The lowest BCUT2D eigenvalue weighted by Gasteiger charge is -2.32. The number of para-hydroxylation sites is 1. The summed E-state index contributed by atoms with van der Waals surface area (Å²) in [6, 6.07) is 15.5. The van der Waals surface area contributed by atoms with E-state index in [1.807, 2.05) is 42.5 Å². The number of anilines is 1. The molecule has 0 saturated carbocycles. The average molecular weight is 403 g/mol. The first-order valence-electron chi connectivity index (χ1n) is 10.1. The number of benzene rings is 1. The Morgan fingerprint density at radius 1 is 1.17 bits per heavy atom. The third-order valence-electron chi connectivity index (χ3n) is 5.54. The second-order valence-corrected chi connectivity index (χ2v) is 7.75. The molecule has 0 spiro atoms. The van der Waals surface area contributed by atoms with E-state index < -0.39 is 0 Å². The van der Waals surface area contributed by atoms with Crippen LogP contribution >= 0.6 is 0 Å². The number of nitrogens with zero attached hydrogens (tertiary/aromatic N) is 4. The van der Waals surface area contributed by atoms with Crippen LogP contribution < -0.4 is 10.6 Å². The third kappa shape index (κ3) is 4.25. The fraction of sp³-hybridized carbons (Fsp3) is 0.304. The summed E-state index contributed by atoms with van der Waals surface area (Å²) < 4.78 is 0. The van der Waals surface area contributed by atoms with Crippen molar-refractivity contribution in [1.82, 2.24) is 14.9 Å². The molecule has 2 amide bonds. The van der Waals surface area contributed by atoms with Gasteiger partial charge in [0.05, 0.1) is 29.2 Å². The van der Waals surface area contributed by atoms with Crippen LogP contribution in [-0.4, -0.2) is 46.8 Å². The second kappa shape index (κ2) is 8.49. The van der Waals surface area contributed by atoms with Gasteiger partial charge in [-0.1, -0.05) is 24.3 Å². The van der Waals surface area contributed by atoms with Gasteiger partial charge in [0.15, 0.2) is 0 Å². The Morgan fingerprint density at radius 3 is 2.77 bits per heavy atom. The molecule has 2 aromatic heterocycles. The molecule has 7 nitrogen and oxygen atoms in total. The van der Waals surface area contributed by atoms with E-state index in [4.69, 9.17) is 5.73 Å². The van der Waals surface area contributed by atoms with E-state index >= 15 is 0 Å².